The molecule has 0 N–H and O–H groups in total. The van der Waals surface area contributed by atoms with Gasteiger partial charge in [-0.2, -0.15) is 0 Å². The summed E-state index contributed by atoms with van der Waals surface area (Å²) in [5.74, 6) is 1.69. The van der Waals surface area contributed by atoms with Gasteiger partial charge in [-0.25, -0.2) is 0 Å². The lowest BCUT2D eigenvalue weighted by Crippen LogP contribution is -1.95. The summed E-state index contributed by atoms with van der Waals surface area (Å²) in [5.41, 5.74) is 5.76. The van der Waals surface area contributed by atoms with Crippen LogP contribution < -0.4 is 14.2 Å². The Labute approximate surface area is 184 Å². The van der Waals surface area contributed by atoms with E-state index in [0.717, 1.165) is 33.4 Å². The first-order valence-corrected chi connectivity index (χ1v) is 9.91. The lowest BCUT2D eigenvalue weighted by Gasteiger charge is -2.13. The van der Waals surface area contributed by atoms with E-state index >= 15 is 0 Å². The van der Waals surface area contributed by atoms with E-state index < -0.39 is 0 Å². The van der Waals surface area contributed by atoms with Crippen LogP contribution in [0.25, 0.3) is 22.8 Å². The summed E-state index contributed by atoms with van der Waals surface area (Å²) in [5, 5.41) is 1.82. The third-order valence-electron chi connectivity index (χ3n) is 4.88. The van der Waals surface area contributed by atoms with Crippen LogP contribution in [0.15, 0.2) is 42.5 Å². The number of methoxy groups -OCH3 is 3. The molecule has 29 heavy (non-hydrogen) atoms. The molecule has 0 saturated heterocycles. The van der Waals surface area contributed by atoms with Crippen LogP contribution in [0.3, 0.4) is 0 Å². The van der Waals surface area contributed by atoms with Gasteiger partial charge in [-0.1, -0.05) is 40.9 Å². The third kappa shape index (κ3) is 3.44. The van der Waals surface area contributed by atoms with Crippen LogP contribution in [0.5, 0.6) is 17.2 Å². The highest BCUT2D eigenvalue weighted by atomic mass is 35.5. The zero-order valence-corrected chi connectivity index (χ0v) is 18.2. The molecule has 0 unspecified atom stereocenters. The van der Waals surface area contributed by atoms with E-state index in [4.69, 9.17) is 49.0 Å². The number of hydrogen-bond acceptors (Lipinski definition) is 3. The molecule has 3 aromatic rings. The topological polar surface area (TPSA) is 27.7 Å². The van der Waals surface area contributed by atoms with Gasteiger partial charge in [0, 0.05) is 15.6 Å². The highest BCUT2D eigenvalue weighted by molar-refractivity contribution is 6.38. The number of hydrogen-bond donors (Lipinski definition) is 0. The lowest BCUT2D eigenvalue weighted by molar-refractivity contribution is 0.324. The molecular formula is C23H17Cl3O3. The van der Waals surface area contributed by atoms with Crippen molar-refractivity contribution in [3.05, 3.63) is 74.2 Å². The van der Waals surface area contributed by atoms with Gasteiger partial charge in [-0.05, 0) is 70.3 Å². The van der Waals surface area contributed by atoms with Crippen LogP contribution in [-0.4, -0.2) is 21.3 Å². The van der Waals surface area contributed by atoms with Crippen LogP contribution in [-0.2, 0) is 0 Å². The van der Waals surface area contributed by atoms with Crippen LogP contribution in [0.2, 0.25) is 15.1 Å². The minimum Gasteiger partial charge on any atom is -0.493 e. The van der Waals surface area contributed by atoms with E-state index in [9.17, 15) is 0 Å². The van der Waals surface area contributed by atoms with E-state index in [2.05, 4.69) is 0 Å². The second-order valence-corrected chi connectivity index (χ2v) is 7.80. The molecule has 0 fully saturated rings. The van der Waals surface area contributed by atoms with Gasteiger partial charge in [-0.3, -0.25) is 0 Å². The number of halogens is 3. The van der Waals surface area contributed by atoms with Crippen LogP contribution in [0, 0.1) is 0 Å². The van der Waals surface area contributed by atoms with E-state index in [0.29, 0.717) is 32.3 Å². The summed E-state index contributed by atoms with van der Waals surface area (Å²) in [7, 11) is 4.76. The zero-order valence-electron chi connectivity index (χ0n) is 16.0. The third-order valence-corrected chi connectivity index (χ3v) is 5.64. The molecule has 0 bridgehead atoms. The minimum absolute atomic E-state index is 0.540. The second-order valence-electron chi connectivity index (χ2n) is 6.52. The van der Waals surface area contributed by atoms with E-state index in [1.54, 1.807) is 27.4 Å². The van der Waals surface area contributed by atoms with Crippen LogP contribution in [0.4, 0.5) is 0 Å². The molecule has 3 aromatic carbocycles. The Morgan fingerprint density at radius 1 is 0.690 bits per heavy atom. The van der Waals surface area contributed by atoms with Crippen molar-refractivity contribution in [2.45, 2.75) is 0 Å². The standard InChI is InChI=1S/C23H17Cl3O3/c1-27-20-7-12(8-21(28-2)23(20)29-3)6-16-17-9-13(24)4-5-15(17)22-18(16)10-14(25)11-19(22)26/h4-11H,1-3H3/b16-6+. The summed E-state index contributed by atoms with van der Waals surface area (Å²) >= 11 is 19.2. The summed E-state index contributed by atoms with van der Waals surface area (Å²) in [4.78, 5) is 0. The first kappa shape index (κ1) is 20.0. The summed E-state index contributed by atoms with van der Waals surface area (Å²) in [6.45, 7) is 0. The molecule has 0 amide bonds. The van der Waals surface area contributed by atoms with Crippen LogP contribution in [0.1, 0.15) is 16.7 Å². The number of rotatable bonds is 4. The monoisotopic (exact) mass is 446 g/mol. The van der Waals surface area contributed by atoms with Crippen LogP contribution >= 0.6 is 34.8 Å². The molecule has 0 heterocycles. The van der Waals surface area contributed by atoms with Crippen molar-refractivity contribution >= 4 is 46.5 Å². The van der Waals surface area contributed by atoms with Crippen molar-refractivity contribution in [2.75, 3.05) is 21.3 Å². The zero-order chi connectivity index (χ0) is 20.7. The quantitative estimate of drug-likeness (QED) is 0.330. The van der Waals surface area contributed by atoms with E-state index in [1.165, 1.54) is 0 Å². The fourth-order valence-electron chi connectivity index (χ4n) is 3.67. The van der Waals surface area contributed by atoms with Gasteiger partial charge in [0.2, 0.25) is 5.75 Å². The molecule has 6 heteroatoms. The Morgan fingerprint density at radius 2 is 1.34 bits per heavy atom. The summed E-state index contributed by atoms with van der Waals surface area (Å²) in [6.07, 6.45) is 2.04. The van der Waals surface area contributed by atoms with Crippen molar-refractivity contribution in [3.8, 4) is 28.4 Å². The molecule has 1 aliphatic rings. The van der Waals surface area contributed by atoms with Crippen molar-refractivity contribution in [1.29, 1.82) is 0 Å². The molecule has 0 spiro atoms. The highest BCUT2D eigenvalue weighted by Gasteiger charge is 2.27. The second kappa shape index (κ2) is 7.83. The first-order chi connectivity index (χ1) is 14.0. The van der Waals surface area contributed by atoms with Gasteiger partial charge in [0.15, 0.2) is 11.5 Å². The van der Waals surface area contributed by atoms with Gasteiger partial charge < -0.3 is 14.2 Å². The van der Waals surface area contributed by atoms with E-state index in [-0.39, 0.29) is 0 Å². The molecule has 0 aliphatic heterocycles. The number of fused-ring (bicyclic) bond motifs is 3. The number of ether oxygens (including phenoxy) is 3. The van der Waals surface area contributed by atoms with Crippen molar-refractivity contribution in [2.24, 2.45) is 0 Å². The Balaban J connectivity index is 1.99. The maximum Gasteiger partial charge on any atom is 0.203 e. The maximum atomic E-state index is 6.54. The maximum absolute atomic E-state index is 6.54. The molecule has 0 atom stereocenters. The van der Waals surface area contributed by atoms with E-state index in [1.807, 2.05) is 42.5 Å². The molecule has 3 nitrogen and oxygen atoms in total. The SMILES string of the molecule is COc1cc(/C=C2\c3cc(Cl)ccc3-c3c(Cl)cc(Cl)cc32)cc(OC)c1OC. The predicted octanol–water partition coefficient (Wildman–Crippen LogP) is 7.24. The van der Waals surface area contributed by atoms with Gasteiger partial charge >= 0.3 is 0 Å². The lowest BCUT2D eigenvalue weighted by atomic mass is 10.0. The summed E-state index contributed by atoms with van der Waals surface area (Å²) in [6, 6.07) is 13.2. The molecule has 1 aliphatic carbocycles. The average molecular weight is 448 g/mol. The van der Waals surface area contributed by atoms with Crippen molar-refractivity contribution < 1.29 is 14.2 Å². The fraction of sp³-hybridized carbons (Fsp3) is 0.130. The molecule has 148 valence electrons. The van der Waals surface area contributed by atoms with Gasteiger partial charge in [0.05, 0.1) is 26.4 Å². The minimum atomic E-state index is 0.540. The normalized spacial score (nSPS) is 13.2. The van der Waals surface area contributed by atoms with Gasteiger partial charge in [0.25, 0.3) is 0 Å². The summed E-state index contributed by atoms with van der Waals surface area (Å²) < 4.78 is 16.4. The Bertz CT molecular complexity index is 1130. The smallest absolute Gasteiger partial charge is 0.203 e. The highest BCUT2D eigenvalue weighted by Crippen LogP contribution is 2.50. The van der Waals surface area contributed by atoms with Gasteiger partial charge in [0.1, 0.15) is 0 Å². The number of benzene rings is 3. The Morgan fingerprint density at radius 3 is 1.97 bits per heavy atom. The predicted molar refractivity (Wildman–Crippen MR) is 120 cm³/mol. The van der Waals surface area contributed by atoms with Crippen molar-refractivity contribution in [3.63, 3.8) is 0 Å². The largest absolute Gasteiger partial charge is 0.493 e. The first-order valence-electron chi connectivity index (χ1n) is 8.78. The molecule has 0 radical (unpaired) electrons. The molecule has 0 aromatic heterocycles. The Hall–Kier alpha value is -2.33. The van der Waals surface area contributed by atoms with Gasteiger partial charge in [-0.15, -0.1) is 0 Å². The Kier molecular flexibility index (Phi) is 5.39. The molecule has 0 saturated carbocycles. The fourth-order valence-corrected chi connectivity index (χ4v) is 4.44. The molecular weight excluding hydrogens is 431 g/mol. The molecule has 4 rings (SSSR count). The average Bonchev–Trinajstić information content (AvgIpc) is 3.00. The van der Waals surface area contributed by atoms with Crippen molar-refractivity contribution in [1.82, 2.24) is 0 Å².